The van der Waals surface area contributed by atoms with Crippen LogP contribution in [0, 0.1) is 0 Å². The third kappa shape index (κ3) is 3.46. The van der Waals surface area contributed by atoms with Gasteiger partial charge in [-0.1, -0.05) is 0 Å². The number of H-pyrrole nitrogens is 1. The number of nitrogens with one attached hydrogen (secondary N) is 2. The fourth-order valence-corrected chi connectivity index (χ4v) is 4.28. The van der Waals surface area contributed by atoms with Gasteiger partial charge in [-0.05, 0) is 63.4 Å². The molecule has 8 nitrogen and oxygen atoms in total. The Bertz CT molecular complexity index is 1010. The van der Waals surface area contributed by atoms with E-state index in [1.54, 1.807) is 26.0 Å². The summed E-state index contributed by atoms with van der Waals surface area (Å²) in [6.07, 6.45) is 0. The standard InChI is InChI=1S/C17H16Br2N4O4/c1-3-27-16(25)10-6(2)21-15-12(14(20)22-17(26)23-15)11(10)7-4-8(18)13(24)9(19)5-7/h4-5,11,24H,3H2,1-2H3,(H4,20,21,22,23,26). The number of aromatic hydroxyl groups is 1. The van der Waals surface area contributed by atoms with Crippen LogP contribution in [0.4, 0.5) is 11.6 Å². The molecule has 0 spiro atoms. The highest BCUT2D eigenvalue weighted by molar-refractivity contribution is 9.11. The molecule has 1 aromatic heterocycles. The van der Waals surface area contributed by atoms with Gasteiger partial charge in [0, 0.05) is 11.3 Å². The van der Waals surface area contributed by atoms with Crippen molar-refractivity contribution in [2.24, 2.45) is 0 Å². The first-order valence-corrected chi connectivity index (χ1v) is 9.55. The van der Waals surface area contributed by atoms with Crippen LogP contribution in [-0.4, -0.2) is 27.7 Å². The topological polar surface area (TPSA) is 130 Å². The molecule has 0 bridgehead atoms. The first kappa shape index (κ1) is 19.4. The van der Waals surface area contributed by atoms with Crippen molar-refractivity contribution in [1.82, 2.24) is 9.97 Å². The molecular formula is C17H16Br2N4O4. The molecule has 1 unspecified atom stereocenters. The Labute approximate surface area is 171 Å². The van der Waals surface area contributed by atoms with Gasteiger partial charge in [-0.25, -0.2) is 9.59 Å². The number of nitrogens with two attached hydrogens (primary N) is 1. The third-order valence-corrected chi connectivity index (χ3v) is 5.36. The van der Waals surface area contributed by atoms with Gasteiger partial charge >= 0.3 is 11.7 Å². The summed E-state index contributed by atoms with van der Waals surface area (Å²) < 4.78 is 6.09. The molecule has 1 atom stereocenters. The maximum atomic E-state index is 12.7. The smallest absolute Gasteiger partial charge is 0.348 e. The molecule has 1 aliphatic rings. The average Bonchev–Trinajstić information content (AvgIpc) is 2.57. The Balaban J connectivity index is 2.32. The zero-order valence-corrected chi connectivity index (χ0v) is 17.6. The lowest BCUT2D eigenvalue weighted by atomic mass is 9.82. The molecule has 5 N–H and O–H groups in total. The molecule has 0 fully saturated rings. The summed E-state index contributed by atoms with van der Waals surface area (Å²) in [4.78, 5) is 30.8. The number of nitrogens with zero attached hydrogens (tertiary/aromatic N) is 1. The zero-order chi connectivity index (χ0) is 19.9. The van der Waals surface area contributed by atoms with Gasteiger partial charge in [-0.2, -0.15) is 4.98 Å². The van der Waals surface area contributed by atoms with Crippen LogP contribution in [0.1, 0.15) is 30.9 Å². The Morgan fingerprint density at radius 1 is 1.37 bits per heavy atom. The van der Waals surface area contributed by atoms with Crippen molar-refractivity contribution < 1.29 is 14.6 Å². The second kappa shape index (κ2) is 7.35. The molecule has 0 saturated carbocycles. The van der Waals surface area contributed by atoms with E-state index in [4.69, 9.17) is 10.5 Å². The quantitative estimate of drug-likeness (QED) is 0.477. The number of carbonyl (C=O) groups is 1. The van der Waals surface area contributed by atoms with Crippen LogP contribution in [0.3, 0.4) is 0 Å². The summed E-state index contributed by atoms with van der Waals surface area (Å²) >= 11 is 6.61. The van der Waals surface area contributed by atoms with Gasteiger partial charge in [0.15, 0.2) is 0 Å². The number of fused-ring (bicyclic) bond motifs is 1. The maximum Gasteiger partial charge on any atom is 0.348 e. The summed E-state index contributed by atoms with van der Waals surface area (Å²) in [6.45, 7) is 3.62. The lowest BCUT2D eigenvalue weighted by Gasteiger charge is -2.30. The van der Waals surface area contributed by atoms with Gasteiger partial charge in [0.2, 0.25) is 0 Å². The third-order valence-electron chi connectivity index (χ3n) is 4.16. The molecular weight excluding hydrogens is 484 g/mol. The molecule has 1 aromatic carbocycles. The number of phenols is 1. The van der Waals surface area contributed by atoms with Crippen LogP contribution in [0.5, 0.6) is 5.75 Å². The van der Waals surface area contributed by atoms with Gasteiger partial charge in [-0.3, -0.25) is 4.98 Å². The highest BCUT2D eigenvalue weighted by Gasteiger charge is 2.36. The van der Waals surface area contributed by atoms with Crippen molar-refractivity contribution in [3.8, 4) is 5.75 Å². The normalized spacial score (nSPS) is 15.9. The van der Waals surface area contributed by atoms with E-state index in [0.29, 0.717) is 31.3 Å². The number of ether oxygens (including phenoxy) is 1. The summed E-state index contributed by atoms with van der Waals surface area (Å²) in [6, 6.07) is 3.35. The summed E-state index contributed by atoms with van der Waals surface area (Å²) in [5.41, 5.74) is 7.42. The van der Waals surface area contributed by atoms with Gasteiger partial charge in [0.1, 0.15) is 17.4 Å². The van der Waals surface area contributed by atoms with Crippen molar-refractivity contribution in [1.29, 1.82) is 0 Å². The van der Waals surface area contributed by atoms with E-state index in [1.165, 1.54) is 0 Å². The molecule has 0 radical (unpaired) electrons. The molecule has 0 saturated heterocycles. The number of hydrogen-bond donors (Lipinski definition) is 4. The van der Waals surface area contributed by atoms with E-state index < -0.39 is 17.6 Å². The van der Waals surface area contributed by atoms with Gasteiger partial charge in [0.05, 0.1) is 27.0 Å². The van der Waals surface area contributed by atoms with Crippen molar-refractivity contribution >= 4 is 49.5 Å². The monoisotopic (exact) mass is 498 g/mol. The predicted octanol–water partition coefficient (Wildman–Crippen LogP) is 2.98. The molecule has 142 valence electrons. The van der Waals surface area contributed by atoms with Crippen molar-refractivity contribution in [2.75, 3.05) is 17.7 Å². The minimum absolute atomic E-state index is 0.0267. The second-order valence-electron chi connectivity index (χ2n) is 5.87. The van der Waals surface area contributed by atoms with Crippen LogP contribution >= 0.6 is 31.9 Å². The molecule has 0 amide bonds. The molecule has 0 aliphatic carbocycles. The Kier molecular flexibility index (Phi) is 5.29. The lowest BCUT2D eigenvalue weighted by molar-refractivity contribution is -0.138. The molecule has 2 aromatic rings. The number of allylic oxidation sites excluding steroid dienone is 1. The molecule has 27 heavy (non-hydrogen) atoms. The van der Waals surface area contributed by atoms with E-state index in [1.807, 2.05) is 0 Å². The lowest BCUT2D eigenvalue weighted by Crippen LogP contribution is -2.29. The number of rotatable bonds is 3. The van der Waals surface area contributed by atoms with E-state index in [-0.39, 0.29) is 24.0 Å². The molecule has 3 rings (SSSR count). The van der Waals surface area contributed by atoms with E-state index in [0.717, 1.165) is 0 Å². The van der Waals surface area contributed by atoms with Crippen molar-refractivity contribution in [2.45, 2.75) is 19.8 Å². The van der Waals surface area contributed by atoms with Crippen LogP contribution in [0.25, 0.3) is 0 Å². The van der Waals surface area contributed by atoms with E-state index >= 15 is 0 Å². The Morgan fingerprint density at radius 3 is 2.59 bits per heavy atom. The minimum Gasteiger partial charge on any atom is -0.506 e. The zero-order valence-electron chi connectivity index (χ0n) is 14.4. The van der Waals surface area contributed by atoms with Crippen molar-refractivity contribution in [3.05, 3.63) is 54.0 Å². The van der Waals surface area contributed by atoms with Gasteiger partial charge in [-0.15, -0.1) is 0 Å². The number of halogens is 2. The average molecular weight is 500 g/mol. The van der Waals surface area contributed by atoms with Gasteiger partial charge < -0.3 is 20.9 Å². The number of nitrogen functional groups attached to an aromatic ring is 1. The van der Waals surface area contributed by atoms with Crippen LogP contribution in [0.2, 0.25) is 0 Å². The van der Waals surface area contributed by atoms with Crippen LogP contribution in [0.15, 0.2) is 37.1 Å². The number of anilines is 2. The fourth-order valence-electron chi connectivity index (χ4n) is 3.06. The SMILES string of the molecule is CCOC(=O)C1=C(C)Nc2nc(=O)[nH]c(N)c2C1c1cc(Br)c(O)c(Br)c1. The number of esters is 1. The summed E-state index contributed by atoms with van der Waals surface area (Å²) in [5, 5.41) is 13.0. The largest absolute Gasteiger partial charge is 0.506 e. The Morgan fingerprint density at radius 2 is 2.00 bits per heavy atom. The number of hydrogen-bond acceptors (Lipinski definition) is 7. The predicted molar refractivity (Wildman–Crippen MR) is 108 cm³/mol. The number of carbonyl (C=O) groups excluding carboxylic acids is 1. The van der Waals surface area contributed by atoms with Crippen LogP contribution in [-0.2, 0) is 9.53 Å². The maximum absolute atomic E-state index is 12.7. The van der Waals surface area contributed by atoms with Crippen molar-refractivity contribution in [3.63, 3.8) is 0 Å². The Hall–Kier alpha value is -2.33. The highest BCUT2D eigenvalue weighted by Crippen LogP contribution is 2.45. The van der Waals surface area contributed by atoms with E-state index in [2.05, 4.69) is 47.1 Å². The second-order valence-corrected chi connectivity index (χ2v) is 7.58. The first-order chi connectivity index (χ1) is 12.7. The summed E-state index contributed by atoms with van der Waals surface area (Å²) in [7, 11) is 0. The van der Waals surface area contributed by atoms with Gasteiger partial charge in [0.25, 0.3) is 0 Å². The van der Waals surface area contributed by atoms with Crippen LogP contribution < -0.4 is 16.7 Å². The first-order valence-electron chi connectivity index (χ1n) is 7.97. The number of aromatic nitrogens is 2. The molecule has 10 heteroatoms. The minimum atomic E-state index is -0.655. The molecule has 1 aliphatic heterocycles. The number of benzene rings is 1. The highest BCUT2D eigenvalue weighted by atomic mass is 79.9. The summed E-state index contributed by atoms with van der Waals surface area (Å²) in [5.74, 6) is -0.773. The van der Waals surface area contributed by atoms with E-state index in [9.17, 15) is 14.7 Å². The molecule has 2 heterocycles. The number of aromatic amines is 1. The fraction of sp³-hybridized carbons (Fsp3) is 0.235. The number of phenolic OH excluding ortho intramolecular Hbond substituents is 1.